The van der Waals surface area contributed by atoms with Crippen LogP contribution in [0.4, 0.5) is 0 Å². The van der Waals surface area contributed by atoms with Crippen molar-refractivity contribution in [1.29, 1.82) is 0 Å². The second kappa shape index (κ2) is 9.67. The van der Waals surface area contributed by atoms with E-state index in [9.17, 15) is 0 Å². The van der Waals surface area contributed by atoms with E-state index in [1.54, 1.807) is 0 Å². The van der Waals surface area contributed by atoms with Gasteiger partial charge in [-0.2, -0.15) is 0 Å². The van der Waals surface area contributed by atoms with Gasteiger partial charge >= 0.3 is 0 Å². The fraction of sp³-hybridized carbons (Fsp3) is 0.293. The molecule has 0 N–H and O–H groups in total. The van der Waals surface area contributed by atoms with Crippen molar-refractivity contribution < 1.29 is 9.30 Å². The summed E-state index contributed by atoms with van der Waals surface area (Å²) in [7, 11) is 2.18. The van der Waals surface area contributed by atoms with Crippen molar-refractivity contribution in [2.75, 3.05) is 0 Å². The Labute approximate surface area is 256 Å². The number of fused-ring (bicyclic) bond motifs is 5. The minimum atomic E-state index is 0.103. The molecule has 0 saturated heterocycles. The average Bonchev–Trinajstić information content (AvgIpc) is 2.95. The molecule has 1 aliphatic rings. The van der Waals surface area contributed by atoms with E-state index in [1.807, 2.05) is 0 Å². The van der Waals surface area contributed by atoms with Crippen LogP contribution in [-0.4, -0.2) is 0 Å². The zero-order valence-electron chi connectivity index (χ0n) is 26.9. The van der Waals surface area contributed by atoms with Gasteiger partial charge in [-0.05, 0) is 80.5 Å². The Balaban J connectivity index is 1.60. The fourth-order valence-electron chi connectivity index (χ4n) is 7.23. The molecule has 0 radical (unpaired) electrons. The summed E-state index contributed by atoms with van der Waals surface area (Å²) in [5.74, 6) is 1.97. The first kappa shape index (κ1) is 27.7. The Hall–Kier alpha value is -4.17. The Morgan fingerprint density at radius 3 is 2.16 bits per heavy atom. The van der Waals surface area contributed by atoms with E-state index >= 15 is 0 Å². The molecule has 6 aromatic rings. The van der Waals surface area contributed by atoms with Gasteiger partial charge in [-0.25, -0.2) is 4.57 Å². The van der Waals surface area contributed by atoms with E-state index in [-0.39, 0.29) is 10.8 Å². The SMILES string of the molecule is Cc1c2c(c(CC(C)(C)C)c3ccc(CC(C)(C)C)cc13)Oc1cc3cccc(-c4ccccc4)c3c3cc[n+](C)c-2c13. The van der Waals surface area contributed by atoms with Crippen LogP contribution in [0.3, 0.4) is 0 Å². The number of pyridine rings is 1. The van der Waals surface area contributed by atoms with Gasteiger partial charge in [-0.1, -0.05) is 108 Å². The summed E-state index contributed by atoms with van der Waals surface area (Å²) in [4.78, 5) is 0. The fourth-order valence-corrected chi connectivity index (χ4v) is 7.23. The summed E-state index contributed by atoms with van der Waals surface area (Å²) >= 11 is 0. The Kier molecular flexibility index (Phi) is 6.22. The number of benzene rings is 5. The number of hydrogen-bond donors (Lipinski definition) is 0. The van der Waals surface area contributed by atoms with E-state index in [1.165, 1.54) is 71.4 Å². The van der Waals surface area contributed by atoms with Crippen LogP contribution >= 0.6 is 0 Å². The molecule has 0 amide bonds. The van der Waals surface area contributed by atoms with Crippen molar-refractivity contribution >= 4 is 32.3 Å². The summed E-state index contributed by atoms with van der Waals surface area (Å²) in [5, 5.41) is 7.58. The molecule has 43 heavy (non-hydrogen) atoms. The van der Waals surface area contributed by atoms with Crippen LogP contribution < -0.4 is 9.30 Å². The lowest BCUT2D eigenvalue weighted by atomic mass is 9.80. The number of aromatic nitrogens is 1. The number of aryl methyl sites for hydroxylation is 2. The molecule has 2 heterocycles. The standard InChI is InChI=1S/C41H42NO/c1-25-32-21-26(23-40(2,3)4)17-18-30(32)33(24-41(5,6)7)39-35(25)38-37-31(19-20-42(38)8)36-28(22-34(37)43-39)15-12-16-29(36)27-13-10-9-11-14-27/h9-22H,23-24H2,1-8H3/q+1. The highest BCUT2D eigenvalue weighted by atomic mass is 16.5. The van der Waals surface area contributed by atoms with Crippen molar-refractivity contribution in [2.45, 2.75) is 61.3 Å². The van der Waals surface area contributed by atoms with Gasteiger partial charge in [0.1, 0.15) is 18.5 Å². The van der Waals surface area contributed by atoms with Crippen molar-refractivity contribution in [3.63, 3.8) is 0 Å². The molecule has 7 rings (SSSR count). The van der Waals surface area contributed by atoms with Crippen LogP contribution in [0.25, 0.3) is 54.7 Å². The molecule has 0 spiro atoms. The van der Waals surface area contributed by atoms with Crippen LogP contribution in [0.15, 0.2) is 85.1 Å². The van der Waals surface area contributed by atoms with Crippen molar-refractivity contribution in [3.05, 3.63) is 102 Å². The molecule has 0 saturated carbocycles. The van der Waals surface area contributed by atoms with Crippen LogP contribution in [0.1, 0.15) is 58.2 Å². The maximum atomic E-state index is 7.12. The van der Waals surface area contributed by atoms with E-state index in [4.69, 9.17) is 4.74 Å². The number of ether oxygens (including phenoxy) is 1. The maximum Gasteiger partial charge on any atom is 0.228 e. The Bertz CT molecular complexity index is 2070. The minimum absolute atomic E-state index is 0.103. The molecule has 0 fully saturated rings. The molecule has 0 bridgehead atoms. The Morgan fingerprint density at radius 2 is 1.44 bits per heavy atom. The lowest BCUT2D eigenvalue weighted by Gasteiger charge is -2.29. The van der Waals surface area contributed by atoms with Crippen molar-refractivity contribution in [2.24, 2.45) is 17.9 Å². The zero-order valence-corrected chi connectivity index (χ0v) is 26.9. The molecule has 0 atom stereocenters. The molecular formula is C41H42NO+. The molecule has 1 aromatic heterocycles. The van der Waals surface area contributed by atoms with Crippen molar-refractivity contribution in [3.8, 4) is 33.9 Å². The molecular weight excluding hydrogens is 522 g/mol. The summed E-state index contributed by atoms with van der Waals surface area (Å²) in [5.41, 5.74) is 9.29. The smallest absolute Gasteiger partial charge is 0.228 e. The summed E-state index contributed by atoms with van der Waals surface area (Å²) in [6, 6.07) is 29.1. The van der Waals surface area contributed by atoms with Crippen LogP contribution in [-0.2, 0) is 19.9 Å². The molecule has 1 aliphatic heterocycles. The largest absolute Gasteiger partial charge is 0.455 e. The van der Waals surface area contributed by atoms with Crippen LogP contribution in [0.5, 0.6) is 11.5 Å². The molecule has 2 nitrogen and oxygen atoms in total. The van der Waals surface area contributed by atoms with Crippen LogP contribution in [0.2, 0.25) is 0 Å². The highest BCUT2D eigenvalue weighted by Crippen LogP contribution is 2.53. The lowest BCUT2D eigenvalue weighted by Crippen LogP contribution is -2.32. The highest BCUT2D eigenvalue weighted by Gasteiger charge is 2.34. The van der Waals surface area contributed by atoms with E-state index in [0.29, 0.717) is 0 Å². The van der Waals surface area contributed by atoms with E-state index < -0.39 is 0 Å². The first-order valence-electron chi connectivity index (χ1n) is 15.6. The van der Waals surface area contributed by atoms with Gasteiger partial charge < -0.3 is 4.74 Å². The molecule has 0 unspecified atom stereocenters. The monoisotopic (exact) mass is 564 g/mol. The first-order chi connectivity index (χ1) is 20.4. The van der Waals surface area contributed by atoms with Crippen molar-refractivity contribution in [1.82, 2.24) is 0 Å². The Morgan fingerprint density at radius 1 is 0.698 bits per heavy atom. The molecule has 5 aromatic carbocycles. The normalized spacial score (nSPS) is 13.0. The van der Waals surface area contributed by atoms with Gasteiger partial charge in [0.25, 0.3) is 0 Å². The molecule has 0 aliphatic carbocycles. The summed E-state index contributed by atoms with van der Waals surface area (Å²) in [6.07, 6.45) is 4.22. The predicted octanol–water partition coefficient (Wildman–Crippen LogP) is 10.9. The lowest BCUT2D eigenvalue weighted by molar-refractivity contribution is -0.659. The predicted molar refractivity (Wildman–Crippen MR) is 182 cm³/mol. The first-order valence-corrected chi connectivity index (χ1v) is 15.6. The average molecular weight is 565 g/mol. The summed E-state index contributed by atoms with van der Waals surface area (Å²) in [6.45, 7) is 16.2. The van der Waals surface area contributed by atoms with E-state index in [0.717, 1.165) is 24.3 Å². The second-order valence-corrected chi connectivity index (χ2v) is 15.0. The van der Waals surface area contributed by atoms with Crippen LogP contribution in [0, 0.1) is 17.8 Å². The topological polar surface area (TPSA) is 13.1 Å². The highest BCUT2D eigenvalue weighted by molar-refractivity contribution is 6.20. The molecule has 2 heteroatoms. The van der Waals surface area contributed by atoms with Gasteiger partial charge in [0.2, 0.25) is 5.69 Å². The number of hydrogen-bond acceptors (Lipinski definition) is 1. The van der Waals surface area contributed by atoms with Gasteiger partial charge in [-0.3, -0.25) is 0 Å². The number of rotatable bonds is 3. The zero-order chi connectivity index (χ0) is 30.3. The van der Waals surface area contributed by atoms with Gasteiger partial charge in [-0.15, -0.1) is 0 Å². The number of nitrogens with zero attached hydrogens (tertiary/aromatic N) is 1. The van der Waals surface area contributed by atoms with E-state index in [2.05, 4.69) is 145 Å². The van der Waals surface area contributed by atoms with Gasteiger partial charge in [0, 0.05) is 17.0 Å². The van der Waals surface area contributed by atoms with Gasteiger partial charge in [0.05, 0.1) is 10.9 Å². The third kappa shape index (κ3) is 4.68. The summed E-state index contributed by atoms with van der Waals surface area (Å²) < 4.78 is 9.43. The quantitative estimate of drug-likeness (QED) is 0.154. The third-order valence-corrected chi connectivity index (χ3v) is 8.89. The molecule has 216 valence electrons. The third-order valence-electron chi connectivity index (χ3n) is 8.89. The maximum absolute atomic E-state index is 7.12. The second-order valence-electron chi connectivity index (χ2n) is 15.0. The van der Waals surface area contributed by atoms with Gasteiger partial charge in [0.15, 0.2) is 6.20 Å². The minimum Gasteiger partial charge on any atom is -0.455 e.